The van der Waals surface area contributed by atoms with Gasteiger partial charge < -0.3 is 9.73 Å². The normalized spacial score (nSPS) is 10.3. The Morgan fingerprint density at radius 1 is 1.38 bits per heavy atom. The highest BCUT2D eigenvalue weighted by Gasteiger charge is 2.08. The van der Waals surface area contributed by atoms with Gasteiger partial charge in [0.25, 0.3) is 5.91 Å². The third-order valence-electron chi connectivity index (χ3n) is 2.00. The van der Waals surface area contributed by atoms with Crippen LogP contribution in [0.15, 0.2) is 27.4 Å². The van der Waals surface area contributed by atoms with Gasteiger partial charge in [0, 0.05) is 12.6 Å². The van der Waals surface area contributed by atoms with Gasteiger partial charge in [-0.25, -0.2) is 4.79 Å². The van der Waals surface area contributed by atoms with E-state index in [-0.39, 0.29) is 0 Å². The fourth-order valence-corrected chi connectivity index (χ4v) is 1.25. The molecule has 1 heterocycles. The van der Waals surface area contributed by atoms with Crippen molar-refractivity contribution in [3.05, 3.63) is 28.7 Å². The summed E-state index contributed by atoms with van der Waals surface area (Å²) in [5, 5.41) is 2.39. The summed E-state index contributed by atoms with van der Waals surface area (Å²) < 4.78 is 4.78. The van der Waals surface area contributed by atoms with Crippen molar-refractivity contribution in [1.29, 1.82) is 0 Å². The van der Waals surface area contributed by atoms with Crippen LogP contribution in [0.25, 0.3) is 11.1 Å². The molecule has 1 amide bonds. The maximum Gasteiger partial charge on any atom is 0.417 e. The Kier molecular flexibility index (Phi) is 2.32. The molecule has 1 aromatic heterocycles. The van der Waals surface area contributed by atoms with Crippen molar-refractivity contribution in [1.82, 2.24) is 4.98 Å². The third kappa shape index (κ3) is 1.85. The molecule has 0 saturated carbocycles. The molecule has 6 nitrogen and oxygen atoms in total. The minimum Gasteiger partial charge on any atom is -0.408 e. The van der Waals surface area contributed by atoms with Crippen molar-refractivity contribution < 1.29 is 14.0 Å². The summed E-state index contributed by atoms with van der Waals surface area (Å²) in [6.07, 6.45) is 0. The number of anilines is 1. The van der Waals surface area contributed by atoms with Crippen LogP contribution in [0.5, 0.6) is 0 Å². The summed E-state index contributed by atoms with van der Waals surface area (Å²) in [6.45, 7) is 1.17. The molecule has 0 aliphatic rings. The van der Waals surface area contributed by atoms with Crippen LogP contribution in [0.2, 0.25) is 0 Å². The SMILES string of the molecule is CC(=O)C(=O)Nc1ccc2oc(=O)[nH]c2c1. The molecule has 0 spiro atoms. The molecule has 2 rings (SSSR count). The highest BCUT2D eigenvalue weighted by Crippen LogP contribution is 2.15. The molecule has 0 aliphatic heterocycles. The number of aromatic nitrogens is 1. The Morgan fingerprint density at radius 2 is 2.12 bits per heavy atom. The molecule has 0 fully saturated rings. The first-order valence-corrected chi connectivity index (χ1v) is 4.51. The lowest BCUT2D eigenvalue weighted by Gasteiger charge is -2.01. The highest BCUT2D eigenvalue weighted by atomic mass is 16.4. The van der Waals surface area contributed by atoms with E-state index < -0.39 is 17.4 Å². The van der Waals surface area contributed by atoms with Gasteiger partial charge in [-0.1, -0.05) is 0 Å². The van der Waals surface area contributed by atoms with E-state index in [9.17, 15) is 14.4 Å². The molecule has 0 bridgehead atoms. The summed E-state index contributed by atoms with van der Waals surface area (Å²) in [5.74, 6) is -1.85. The van der Waals surface area contributed by atoms with Crippen LogP contribution in [0.1, 0.15) is 6.92 Å². The number of hydrogen-bond acceptors (Lipinski definition) is 4. The monoisotopic (exact) mass is 220 g/mol. The number of nitrogens with one attached hydrogen (secondary N) is 2. The maximum absolute atomic E-state index is 11.1. The van der Waals surface area contributed by atoms with Gasteiger partial charge in [0.15, 0.2) is 5.58 Å². The van der Waals surface area contributed by atoms with E-state index in [2.05, 4.69) is 10.3 Å². The van der Waals surface area contributed by atoms with Crippen molar-refractivity contribution in [2.75, 3.05) is 5.32 Å². The Morgan fingerprint density at radius 3 is 2.81 bits per heavy atom. The zero-order valence-electron chi connectivity index (χ0n) is 8.37. The summed E-state index contributed by atoms with van der Waals surface area (Å²) >= 11 is 0. The fourth-order valence-electron chi connectivity index (χ4n) is 1.25. The van der Waals surface area contributed by atoms with Crippen molar-refractivity contribution in [3.63, 3.8) is 0 Å². The lowest BCUT2D eigenvalue weighted by molar-refractivity contribution is -0.133. The highest BCUT2D eigenvalue weighted by molar-refractivity contribution is 6.39. The van der Waals surface area contributed by atoms with Crippen molar-refractivity contribution >= 4 is 28.5 Å². The third-order valence-corrected chi connectivity index (χ3v) is 2.00. The molecular formula is C10H8N2O4. The zero-order valence-corrected chi connectivity index (χ0v) is 8.37. The Balaban J connectivity index is 2.36. The van der Waals surface area contributed by atoms with E-state index in [1.807, 2.05) is 0 Å². The second-order valence-corrected chi connectivity index (χ2v) is 3.24. The van der Waals surface area contributed by atoms with Crippen LogP contribution in [0, 0.1) is 0 Å². The molecule has 82 valence electrons. The second kappa shape index (κ2) is 3.65. The first-order chi connectivity index (χ1) is 7.56. The number of benzene rings is 1. The number of hydrogen-bond donors (Lipinski definition) is 2. The van der Waals surface area contributed by atoms with E-state index in [0.717, 1.165) is 0 Å². The predicted octanol–water partition coefficient (Wildman–Crippen LogP) is 0.649. The van der Waals surface area contributed by atoms with Crippen LogP contribution < -0.4 is 11.1 Å². The van der Waals surface area contributed by atoms with Gasteiger partial charge in [-0.15, -0.1) is 0 Å². The quantitative estimate of drug-likeness (QED) is 0.726. The number of carbonyl (C=O) groups excluding carboxylic acids is 2. The molecule has 0 atom stereocenters. The number of rotatable bonds is 2. The van der Waals surface area contributed by atoms with E-state index in [1.165, 1.54) is 19.1 Å². The average molecular weight is 220 g/mol. The molecule has 0 aliphatic carbocycles. The number of carbonyl (C=O) groups is 2. The predicted molar refractivity (Wildman–Crippen MR) is 56.1 cm³/mol. The van der Waals surface area contributed by atoms with Gasteiger partial charge in [0.05, 0.1) is 5.52 Å². The number of oxazole rings is 1. The van der Waals surface area contributed by atoms with Crippen LogP contribution >= 0.6 is 0 Å². The maximum atomic E-state index is 11.1. The summed E-state index contributed by atoms with van der Waals surface area (Å²) in [4.78, 5) is 35.1. The van der Waals surface area contributed by atoms with E-state index in [4.69, 9.17) is 4.42 Å². The van der Waals surface area contributed by atoms with Crippen molar-refractivity contribution in [2.45, 2.75) is 6.92 Å². The number of Topliss-reactive ketones (excluding diaryl/α,β-unsaturated/α-hetero) is 1. The topological polar surface area (TPSA) is 92.2 Å². The number of aromatic amines is 1. The van der Waals surface area contributed by atoms with Crippen LogP contribution in [-0.4, -0.2) is 16.7 Å². The Labute approximate surface area is 89.3 Å². The summed E-state index contributed by atoms with van der Waals surface area (Å²) in [7, 11) is 0. The summed E-state index contributed by atoms with van der Waals surface area (Å²) in [5.41, 5.74) is 1.28. The molecule has 2 aromatic rings. The van der Waals surface area contributed by atoms with Gasteiger partial charge in [0.2, 0.25) is 5.78 Å². The van der Waals surface area contributed by atoms with Gasteiger partial charge in [-0.05, 0) is 18.2 Å². The smallest absolute Gasteiger partial charge is 0.408 e. The van der Waals surface area contributed by atoms with Crippen LogP contribution in [-0.2, 0) is 9.59 Å². The zero-order chi connectivity index (χ0) is 11.7. The Bertz CT molecular complexity index is 623. The Hall–Kier alpha value is -2.37. The largest absolute Gasteiger partial charge is 0.417 e. The lowest BCUT2D eigenvalue weighted by atomic mass is 10.2. The van der Waals surface area contributed by atoms with Gasteiger partial charge >= 0.3 is 5.76 Å². The number of fused-ring (bicyclic) bond motifs is 1. The minimum atomic E-state index is -0.704. The number of amides is 1. The summed E-state index contributed by atoms with van der Waals surface area (Å²) in [6, 6.07) is 4.59. The molecular weight excluding hydrogens is 212 g/mol. The van der Waals surface area contributed by atoms with Gasteiger partial charge in [-0.3, -0.25) is 14.6 Å². The van der Waals surface area contributed by atoms with E-state index >= 15 is 0 Å². The fraction of sp³-hybridized carbons (Fsp3) is 0.100. The first kappa shape index (κ1) is 10.2. The molecule has 0 unspecified atom stereocenters. The lowest BCUT2D eigenvalue weighted by Crippen LogP contribution is -2.19. The molecule has 6 heteroatoms. The number of H-pyrrole nitrogens is 1. The molecule has 1 aromatic carbocycles. The molecule has 16 heavy (non-hydrogen) atoms. The molecule has 0 saturated heterocycles. The van der Waals surface area contributed by atoms with Crippen molar-refractivity contribution in [2.24, 2.45) is 0 Å². The van der Waals surface area contributed by atoms with Gasteiger partial charge in [0.1, 0.15) is 0 Å². The van der Waals surface area contributed by atoms with E-state index in [1.54, 1.807) is 6.07 Å². The standard InChI is InChI=1S/C10H8N2O4/c1-5(13)9(14)11-6-2-3-8-7(4-6)12-10(15)16-8/h2-4H,1H3,(H,11,14)(H,12,15). The second-order valence-electron chi connectivity index (χ2n) is 3.24. The van der Waals surface area contributed by atoms with Gasteiger partial charge in [-0.2, -0.15) is 0 Å². The number of ketones is 1. The van der Waals surface area contributed by atoms with Crippen LogP contribution in [0.3, 0.4) is 0 Å². The first-order valence-electron chi connectivity index (χ1n) is 4.51. The van der Waals surface area contributed by atoms with Crippen molar-refractivity contribution in [3.8, 4) is 0 Å². The molecule has 2 N–H and O–H groups in total. The average Bonchev–Trinajstić information content (AvgIpc) is 2.57. The van der Waals surface area contributed by atoms with E-state index in [0.29, 0.717) is 16.8 Å². The minimum absolute atomic E-state index is 0.394. The molecule has 0 radical (unpaired) electrons. The van der Waals surface area contributed by atoms with Crippen LogP contribution in [0.4, 0.5) is 5.69 Å².